The molecule has 1 aromatic carbocycles. The quantitative estimate of drug-likeness (QED) is 0.624. The highest BCUT2D eigenvalue weighted by Gasteiger charge is 2.06. The van der Waals surface area contributed by atoms with Crippen LogP contribution in [-0.4, -0.2) is 31.6 Å². The van der Waals surface area contributed by atoms with Gasteiger partial charge < -0.3 is 15.5 Å². The first-order valence-electron chi connectivity index (χ1n) is 8.21. The van der Waals surface area contributed by atoms with E-state index >= 15 is 0 Å². The Bertz CT molecular complexity index is 673. The molecular formula is C18H27N5S. The number of aliphatic imine (C=N–C) groups is 1. The summed E-state index contributed by atoms with van der Waals surface area (Å²) in [4.78, 5) is 12.5. The Morgan fingerprint density at radius 3 is 2.42 bits per heavy atom. The molecule has 0 saturated heterocycles. The number of hydrogen-bond donors (Lipinski definition) is 2. The van der Waals surface area contributed by atoms with Gasteiger partial charge in [0, 0.05) is 31.2 Å². The second-order valence-electron chi connectivity index (χ2n) is 5.85. The molecule has 6 heteroatoms. The first kappa shape index (κ1) is 18.3. The van der Waals surface area contributed by atoms with Gasteiger partial charge in [-0.05, 0) is 38.5 Å². The number of nitrogens with one attached hydrogen (secondary N) is 2. The predicted octanol–water partition coefficient (Wildman–Crippen LogP) is 3.08. The molecular weight excluding hydrogens is 318 g/mol. The van der Waals surface area contributed by atoms with Crippen LogP contribution >= 0.6 is 11.3 Å². The molecule has 0 atom stereocenters. The second kappa shape index (κ2) is 8.68. The molecule has 2 rings (SSSR count). The van der Waals surface area contributed by atoms with Gasteiger partial charge in [0.25, 0.3) is 0 Å². The van der Waals surface area contributed by atoms with E-state index < -0.39 is 0 Å². The summed E-state index contributed by atoms with van der Waals surface area (Å²) in [5, 5.41) is 7.79. The molecule has 2 N–H and O–H groups in total. The van der Waals surface area contributed by atoms with E-state index in [2.05, 4.69) is 63.6 Å². The van der Waals surface area contributed by atoms with Gasteiger partial charge in [-0.2, -0.15) is 0 Å². The van der Waals surface area contributed by atoms with E-state index in [1.807, 2.05) is 21.0 Å². The number of thiazole rings is 1. The molecule has 0 aliphatic rings. The van der Waals surface area contributed by atoms with Crippen molar-refractivity contribution in [1.29, 1.82) is 0 Å². The zero-order chi connectivity index (χ0) is 17.5. The largest absolute Gasteiger partial charge is 0.378 e. The normalized spacial score (nSPS) is 11.5. The summed E-state index contributed by atoms with van der Waals surface area (Å²) >= 11 is 1.73. The lowest BCUT2D eigenvalue weighted by Gasteiger charge is -2.13. The maximum Gasteiger partial charge on any atom is 0.191 e. The fourth-order valence-electron chi connectivity index (χ4n) is 2.31. The van der Waals surface area contributed by atoms with E-state index in [1.165, 1.54) is 16.1 Å². The number of aromatic nitrogens is 1. The Hall–Kier alpha value is -2.08. The molecule has 1 aromatic heterocycles. The molecule has 5 nitrogen and oxygen atoms in total. The van der Waals surface area contributed by atoms with E-state index in [0.29, 0.717) is 6.54 Å². The number of guanidine groups is 1. The first-order valence-corrected chi connectivity index (χ1v) is 9.02. The number of nitrogens with zero attached hydrogens (tertiary/aromatic N) is 3. The number of aryl methyl sites for hydroxylation is 2. The Morgan fingerprint density at radius 1 is 1.17 bits per heavy atom. The van der Waals surface area contributed by atoms with Crippen molar-refractivity contribution < 1.29 is 0 Å². The van der Waals surface area contributed by atoms with Gasteiger partial charge >= 0.3 is 0 Å². The van der Waals surface area contributed by atoms with Gasteiger partial charge in [0.15, 0.2) is 5.96 Å². The van der Waals surface area contributed by atoms with E-state index in [-0.39, 0.29) is 0 Å². The van der Waals surface area contributed by atoms with E-state index in [9.17, 15) is 0 Å². The second-order valence-corrected chi connectivity index (χ2v) is 7.14. The van der Waals surface area contributed by atoms with Crippen LogP contribution in [0.15, 0.2) is 29.3 Å². The summed E-state index contributed by atoms with van der Waals surface area (Å²) < 4.78 is 0. The van der Waals surface area contributed by atoms with Crippen LogP contribution in [0.3, 0.4) is 0 Å². The third-order valence-corrected chi connectivity index (χ3v) is 4.71. The van der Waals surface area contributed by atoms with E-state index in [0.717, 1.165) is 29.8 Å². The van der Waals surface area contributed by atoms with Gasteiger partial charge in [-0.3, -0.25) is 0 Å². The molecule has 0 aliphatic heterocycles. The minimum Gasteiger partial charge on any atom is -0.378 e. The van der Waals surface area contributed by atoms with E-state index in [1.54, 1.807) is 11.3 Å². The lowest BCUT2D eigenvalue weighted by Crippen LogP contribution is -2.36. The lowest BCUT2D eigenvalue weighted by molar-refractivity contribution is 0.819. The highest BCUT2D eigenvalue weighted by molar-refractivity contribution is 7.11. The summed E-state index contributed by atoms with van der Waals surface area (Å²) in [6.07, 6.45) is 0. The monoisotopic (exact) mass is 345 g/mol. The predicted molar refractivity (Wildman–Crippen MR) is 104 cm³/mol. The minimum absolute atomic E-state index is 0.656. The van der Waals surface area contributed by atoms with Crippen LogP contribution < -0.4 is 15.5 Å². The highest BCUT2D eigenvalue weighted by Crippen LogP contribution is 2.16. The van der Waals surface area contributed by atoms with Gasteiger partial charge in [-0.1, -0.05) is 12.1 Å². The fourth-order valence-corrected chi connectivity index (χ4v) is 3.19. The molecule has 0 aliphatic carbocycles. The summed E-state index contributed by atoms with van der Waals surface area (Å²) in [6.45, 7) is 8.42. The summed E-state index contributed by atoms with van der Waals surface area (Å²) in [6, 6.07) is 8.49. The molecule has 130 valence electrons. The molecule has 0 spiro atoms. The average molecular weight is 346 g/mol. The zero-order valence-electron chi connectivity index (χ0n) is 15.2. The van der Waals surface area contributed by atoms with Crippen molar-refractivity contribution in [3.8, 4) is 0 Å². The molecule has 0 amide bonds. The van der Waals surface area contributed by atoms with Crippen LogP contribution in [0, 0.1) is 13.8 Å². The Balaban J connectivity index is 1.98. The smallest absolute Gasteiger partial charge is 0.191 e. The third-order valence-electron chi connectivity index (χ3n) is 3.63. The van der Waals surface area contributed by atoms with Crippen LogP contribution in [-0.2, 0) is 13.1 Å². The van der Waals surface area contributed by atoms with Crippen LogP contribution in [0.4, 0.5) is 5.69 Å². The van der Waals surface area contributed by atoms with Crippen molar-refractivity contribution in [2.75, 3.05) is 25.5 Å². The van der Waals surface area contributed by atoms with Gasteiger partial charge in [0.1, 0.15) is 0 Å². The summed E-state index contributed by atoms with van der Waals surface area (Å²) in [5.74, 6) is 0.833. The molecule has 0 unspecified atom stereocenters. The van der Waals surface area contributed by atoms with Crippen molar-refractivity contribution >= 4 is 23.0 Å². The number of hydrogen-bond acceptors (Lipinski definition) is 4. The molecule has 1 heterocycles. The van der Waals surface area contributed by atoms with E-state index in [4.69, 9.17) is 0 Å². The third kappa shape index (κ3) is 5.23. The van der Waals surface area contributed by atoms with Gasteiger partial charge in [0.2, 0.25) is 0 Å². The van der Waals surface area contributed by atoms with Crippen molar-refractivity contribution in [2.24, 2.45) is 4.99 Å². The maximum atomic E-state index is 4.67. The lowest BCUT2D eigenvalue weighted by atomic mass is 10.2. The topological polar surface area (TPSA) is 52.6 Å². The minimum atomic E-state index is 0.656. The van der Waals surface area contributed by atoms with Crippen LogP contribution in [0.2, 0.25) is 0 Å². The van der Waals surface area contributed by atoms with Crippen molar-refractivity contribution in [3.63, 3.8) is 0 Å². The highest BCUT2D eigenvalue weighted by atomic mass is 32.1. The maximum absolute atomic E-state index is 4.67. The van der Waals surface area contributed by atoms with Crippen molar-refractivity contribution in [3.05, 3.63) is 45.4 Å². The molecule has 0 radical (unpaired) electrons. The van der Waals surface area contributed by atoms with Crippen LogP contribution in [0.1, 0.15) is 28.1 Å². The van der Waals surface area contributed by atoms with Crippen LogP contribution in [0.5, 0.6) is 0 Å². The fraction of sp³-hybridized carbons (Fsp3) is 0.444. The Morgan fingerprint density at radius 2 is 1.88 bits per heavy atom. The SMILES string of the molecule is CCNC(=NCc1ccc(N(C)C)cc1)NCc1sc(C)nc1C. The molecule has 0 fully saturated rings. The summed E-state index contributed by atoms with van der Waals surface area (Å²) in [7, 11) is 4.09. The Labute approximate surface area is 148 Å². The van der Waals surface area contributed by atoms with Crippen LogP contribution in [0.25, 0.3) is 0 Å². The standard InChI is InChI=1S/C18H27N5S/c1-6-19-18(21-12-17-13(2)22-14(3)24-17)20-11-15-7-9-16(10-8-15)23(4)5/h7-10H,6,11-12H2,1-5H3,(H2,19,20,21). The number of rotatable bonds is 6. The van der Waals surface area contributed by atoms with Gasteiger partial charge in [-0.15, -0.1) is 11.3 Å². The van der Waals surface area contributed by atoms with Gasteiger partial charge in [0.05, 0.1) is 23.8 Å². The molecule has 0 saturated carbocycles. The van der Waals surface area contributed by atoms with Gasteiger partial charge in [-0.25, -0.2) is 9.98 Å². The zero-order valence-corrected chi connectivity index (χ0v) is 16.0. The molecule has 2 aromatic rings. The van der Waals surface area contributed by atoms with Crippen molar-refractivity contribution in [1.82, 2.24) is 15.6 Å². The number of anilines is 1. The summed E-state index contributed by atoms with van der Waals surface area (Å²) in [5.41, 5.74) is 3.49. The average Bonchev–Trinajstić information content (AvgIpc) is 2.88. The Kier molecular flexibility index (Phi) is 6.61. The number of benzene rings is 1. The van der Waals surface area contributed by atoms with Crippen molar-refractivity contribution in [2.45, 2.75) is 33.9 Å². The molecule has 24 heavy (non-hydrogen) atoms. The first-order chi connectivity index (χ1) is 11.5. The molecule has 0 bridgehead atoms.